The molecule has 16 heteroatoms. The van der Waals surface area contributed by atoms with Gasteiger partial charge in [-0.25, -0.2) is 4.79 Å². The molecule has 39 heavy (non-hydrogen) atoms. The van der Waals surface area contributed by atoms with E-state index in [1.807, 2.05) is 0 Å². The third-order valence-corrected chi connectivity index (χ3v) is 5.24. The number of carbonyl (C=O) groups is 5. The quantitative estimate of drug-likeness (QED) is 0.0535. The SMILES string of the molecule is C[C@H](N)C(=O)N[C@@H](CO)C(=O)N[C@@H](CCCN=C(N)N)C(=O)NCC(=O)N[C@@H](Cc1ccc(O)cc1)C(=O)O. The molecular weight excluding hydrogens is 516 g/mol. The summed E-state index contributed by atoms with van der Waals surface area (Å²) in [4.78, 5) is 65.0. The first-order valence-electron chi connectivity index (χ1n) is 11.9. The van der Waals surface area contributed by atoms with Crippen LogP contribution in [0.1, 0.15) is 25.3 Å². The first-order valence-corrected chi connectivity index (χ1v) is 11.9. The number of phenols is 1. The van der Waals surface area contributed by atoms with Gasteiger partial charge < -0.3 is 53.8 Å². The van der Waals surface area contributed by atoms with Crippen LogP contribution in [0.2, 0.25) is 0 Å². The highest BCUT2D eigenvalue weighted by Gasteiger charge is 2.27. The van der Waals surface area contributed by atoms with E-state index in [0.717, 1.165) is 0 Å². The fraction of sp³-hybridized carbons (Fsp3) is 0.478. The highest BCUT2D eigenvalue weighted by Crippen LogP contribution is 2.11. The fourth-order valence-electron chi connectivity index (χ4n) is 3.15. The fourth-order valence-corrected chi connectivity index (χ4v) is 3.15. The molecule has 0 unspecified atom stereocenters. The van der Waals surface area contributed by atoms with Gasteiger partial charge in [0.15, 0.2) is 5.96 Å². The normalized spacial score (nSPS) is 13.6. The van der Waals surface area contributed by atoms with Crippen molar-refractivity contribution in [2.45, 2.75) is 50.4 Å². The maximum atomic E-state index is 12.8. The number of benzene rings is 1. The lowest BCUT2D eigenvalue weighted by atomic mass is 10.1. The Balaban J connectivity index is 2.82. The third kappa shape index (κ3) is 12.6. The summed E-state index contributed by atoms with van der Waals surface area (Å²) in [5.41, 5.74) is 16.6. The highest BCUT2D eigenvalue weighted by atomic mass is 16.4. The van der Waals surface area contributed by atoms with Crippen molar-refractivity contribution >= 4 is 35.6 Å². The molecule has 0 saturated heterocycles. The molecule has 0 heterocycles. The number of nitrogens with two attached hydrogens (primary N) is 3. The lowest BCUT2D eigenvalue weighted by Gasteiger charge is -2.22. The van der Waals surface area contributed by atoms with Crippen molar-refractivity contribution in [2.75, 3.05) is 19.7 Å². The number of nitrogens with zero attached hydrogens (tertiary/aromatic N) is 1. The monoisotopic (exact) mass is 552 g/mol. The lowest BCUT2D eigenvalue weighted by molar-refractivity contribution is -0.141. The smallest absolute Gasteiger partial charge is 0.326 e. The maximum Gasteiger partial charge on any atom is 0.326 e. The maximum absolute atomic E-state index is 12.8. The summed E-state index contributed by atoms with van der Waals surface area (Å²) in [6.07, 6.45) is 0.189. The molecule has 16 nitrogen and oxygen atoms in total. The van der Waals surface area contributed by atoms with E-state index >= 15 is 0 Å². The topological polar surface area (TPSA) is 285 Å². The molecule has 1 rings (SSSR count). The van der Waals surface area contributed by atoms with Gasteiger partial charge in [-0.3, -0.25) is 24.2 Å². The van der Waals surface area contributed by atoms with E-state index in [1.165, 1.54) is 31.2 Å². The highest BCUT2D eigenvalue weighted by molar-refractivity contribution is 5.94. The molecular formula is C23H36N8O8. The minimum Gasteiger partial charge on any atom is -0.508 e. The zero-order chi connectivity index (χ0) is 29.5. The molecule has 0 saturated carbocycles. The Morgan fingerprint density at radius 3 is 2.08 bits per heavy atom. The standard InChI is InChI=1S/C23H36N8O8/c1-12(24)19(35)31-17(11-32)21(37)30-15(3-2-8-27-23(25)26)20(36)28-10-18(34)29-16(22(38)39)9-13-4-6-14(33)7-5-13/h4-7,12,15-17,32-33H,2-3,8-11,24H2,1H3,(H,28,36)(H,29,34)(H,30,37)(H,31,35)(H,38,39)(H4,25,26,27)/t12-,15-,16-,17-/m0/s1. The van der Waals surface area contributed by atoms with Crippen LogP contribution in [-0.4, -0.2) is 94.7 Å². The Labute approximate surface area is 224 Å². The van der Waals surface area contributed by atoms with Crippen molar-refractivity contribution in [1.82, 2.24) is 21.3 Å². The molecule has 0 aliphatic carbocycles. The summed E-state index contributed by atoms with van der Waals surface area (Å²) in [6, 6.07) is 0.892. The number of amides is 4. The van der Waals surface area contributed by atoms with Crippen molar-refractivity contribution in [2.24, 2.45) is 22.2 Å². The molecule has 0 aromatic heterocycles. The molecule has 0 bridgehead atoms. The van der Waals surface area contributed by atoms with E-state index in [2.05, 4.69) is 26.3 Å². The largest absolute Gasteiger partial charge is 0.508 e. The molecule has 1 aromatic carbocycles. The number of guanidine groups is 1. The van der Waals surface area contributed by atoms with E-state index in [0.29, 0.717) is 5.56 Å². The molecule has 13 N–H and O–H groups in total. The van der Waals surface area contributed by atoms with Gasteiger partial charge in [-0.2, -0.15) is 0 Å². The molecule has 216 valence electrons. The van der Waals surface area contributed by atoms with E-state index < -0.39 is 66.9 Å². The van der Waals surface area contributed by atoms with Gasteiger partial charge in [-0.1, -0.05) is 12.1 Å². The molecule has 4 amide bonds. The number of carboxylic acids is 1. The number of carboxylic acid groups (broad SMARTS) is 1. The molecule has 1 aromatic rings. The van der Waals surface area contributed by atoms with Crippen LogP contribution < -0.4 is 38.5 Å². The van der Waals surface area contributed by atoms with Crippen molar-refractivity contribution in [3.63, 3.8) is 0 Å². The number of aliphatic imine (C=N–C) groups is 1. The molecule has 0 aliphatic rings. The van der Waals surface area contributed by atoms with Gasteiger partial charge in [0, 0.05) is 13.0 Å². The summed E-state index contributed by atoms with van der Waals surface area (Å²) in [5, 5.41) is 37.6. The molecule has 0 spiro atoms. The number of carbonyl (C=O) groups excluding carboxylic acids is 4. The second-order valence-corrected chi connectivity index (χ2v) is 8.59. The van der Waals surface area contributed by atoms with Crippen molar-refractivity contribution in [1.29, 1.82) is 0 Å². The van der Waals surface area contributed by atoms with Crippen molar-refractivity contribution in [3.8, 4) is 5.75 Å². The predicted molar refractivity (Wildman–Crippen MR) is 139 cm³/mol. The zero-order valence-corrected chi connectivity index (χ0v) is 21.4. The van der Waals surface area contributed by atoms with Gasteiger partial charge in [0.1, 0.15) is 23.9 Å². The van der Waals surface area contributed by atoms with E-state index in [-0.39, 0.29) is 37.5 Å². The number of aliphatic carboxylic acids is 1. The first kappa shape index (κ1) is 32.6. The minimum absolute atomic E-state index is 0.000976. The van der Waals surface area contributed by atoms with Crippen LogP contribution in [-0.2, 0) is 30.4 Å². The van der Waals surface area contributed by atoms with E-state index in [1.54, 1.807) is 0 Å². The molecule has 0 aliphatic heterocycles. The van der Waals surface area contributed by atoms with Crippen LogP contribution in [0.5, 0.6) is 5.75 Å². The molecule has 0 fully saturated rings. The minimum atomic E-state index is -1.39. The number of rotatable bonds is 16. The van der Waals surface area contributed by atoms with Gasteiger partial charge in [0.05, 0.1) is 19.2 Å². The average molecular weight is 553 g/mol. The second-order valence-electron chi connectivity index (χ2n) is 8.59. The van der Waals surface area contributed by atoms with Gasteiger partial charge in [0.2, 0.25) is 23.6 Å². The number of nitrogens with one attached hydrogen (secondary N) is 4. The summed E-state index contributed by atoms with van der Waals surface area (Å²) in [7, 11) is 0. The third-order valence-electron chi connectivity index (χ3n) is 5.24. The Morgan fingerprint density at radius 2 is 1.54 bits per heavy atom. The second kappa shape index (κ2) is 16.4. The number of phenolic OH excluding ortho intramolecular Hbond substituents is 1. The molecule has 4 atom stereocenters. The van der Waals surface area contributed by atoms with E-state index in [9.17, 15) is 39.3 Å². The number of hydrogen-bond donors (Lipinski definition) is 10. The summed E-state index contributed by atoms with van der Waals surface area (Å²) in [5.74, 6) is -4.65. The zero-order valence-electron chi connectivity index (χ0n) is 21.4. The van der Waals surface area contributed by atoms with Gasteiger partial charge in [-0.15, -0.1) is 0 Å². The van der Waals surface area contributed by atoms with E-state index in [4.69, 9.17) is 17.2 Å². The Morgan fingerprint density at radius 1 is 0.923 bits per heavy atom. The number of aliphatic hydroxyl groups excluding tert-OH is 1. The summed E-state index contributed by atoms with van der Waals surface area (Å²) in [6.45, 7) is 0.132. The summed E-state index contributed by atoms with van der Waals surface area (Å²) < 4.78 is 0. The van der Waals surface area contributed by atoms with Crippen LogP contribution in [0.25, 0.3) is 0 Å². The number of aliphatic hydroxyl groups is 1. The summed E-state index contributed by atoms with van der Waals surface area (Å²) >= 11 is 0. The Bertz CT molecular complexity index is 1030. The van der Waals surface area contributed by atoms with Crippen LogP contribution in [0, 0.1) is 0 Å². The first-order chi connectivity index (χ1) is 18.3. The predicted octanol–water partition coefficient (Wildman–Crippen LogP) is -4.02. The number of hydrogen-bond acceptors (Lipinski definition) is 9. The van der Waals surface area contributed by atoms with Crippen LogP contribution >= 0.6 is 0 Å². The van der Waals surface area contributed by atoms with Crippen LogP contribution in [0.15, 0.2) is 29.3 Å². The van der Waals surface area contributed by atoms with Gasteiger partial charge in [0.25, 0.3) is 0 Å². The molecule has 0 radical (unpaired) electrons. The number of aromatic hydroxyl groups is 1. The Hall–Kier alpha value is -4.44. The Kier molecular flexibility index (Phi) is 13.7. The van der Waals surface area contributed by atoms with Crippen molar-refractivity contribution in [3.05, 3.63) is 29.8 Å². The van der Waals surface area contributed by atoms with Gasteiger partial charge in [-0.05, 0) is 37.5 Å². The van der Waals surface area contributed by atoms with Crippen molar-refractivity contribution < 1.29 is 39.3 Å². The van der Waals surface area contributed by atoms with Gasteiger partial charge >= 0.3 is 5.97 Å². The van der Waals surface area contributed by atoms with Crippen LogP contribution in [0.4, 0.5) is 0 Å². The average Bonchev–Trinajstić information content (AvgIpc) is 2.87. The van der Waals surface area contributed by atoms with Crippen LogP contribution in [0.3, 0.4) is 0 Å². The lowest BCUT2D eigenvalue weighted by Crippen LogP contribution is -2.57.